The maximum absolute atomic E-state index is 12.2. The molecule has 0 bridgehead atoms. The van der Waals surface area contributed by atoms with E-state index in [-0.39, 0.29) is 11.9 Å². The standard InChI is InChI=1S/C24H30O4/c1-7-23(3,4)21(25)27-19-13-9-17(10-14-19)18-11-15-20(16-12-18)28-22(26)24(5,6)8-2/h9-16H,7-8H2,1-6H3. The fourth-order valence-corrected chi connectivity index (χ4v) is 2.21. The van der Waals surface area contributed by atoms with E-state index in [2.05, 4.69) is 0 Å². The van der Waals surface area contributed by atoms with Crippen molar-refractivity contribution >= 4 is 11.9 Å². The van der Waals surface area contributed by atoms with Crippen molar-refractivity contribution in [3.8, 4) is 22.6 Å². The van der Waals surface area contributed by atoms with Gasteiger partial charge in [-0.15, -0.1) is 0 Å². The number of carbonyl (C=O) groups is 2. The van der Waals surface area contributed by atoms with Gasteiger partial charge < -0.3 is 9.47 Å². The second-order valence-corrected chi connectivity index (χ2v) is 8.30. The Morgan fingerprint density at radius 1 is 0.643 bits per heavy atom. The second-order valence-electron chi connectivity index (χ2n) is 8.30. The van der Waals surface area contributed by atoms with Gasteiger partial charge in [-0.05, 0) is 75.9 Å². The van der Waals surface area contributed by atoms with Gasteiger partial charge in [-0.1, -0.05) is 38.1 Å². The van der Waals surface area contributed by atoms with E-state index < -0.39 is 10.8 Å². The summed E-state index contributed by atoms with van der Waals surface area (Å²) >= 11 is 0. The third-order valence-corrected chi connectivity index (χ3v) is 5.34. The van der Waals surface area contributed by atoms with Gasteiger partial charge in [0.05, 0.1) is 10.8 Å². The van der Waals surface area contributed by atoms with Gasteiger partial charge in [0.15, 0.2) is 0 Å². The lowest BCUT2D eigenvalue weighted by Crippen LogP contribution is -2.28. The number of carbonyl (C=O) groups excluding carboxylic acids is 2. The third kappa shape index (κ3) is 5.22. The van der Waals surface area contributed by atoms with Crippen LogP contribution in [0.5, 0.6) is 11.5 Å². The van der Waals surface area contributed by atoms with Crippen LogP contribution in [-0.2, 0) is 9.59 Å². The lowest BCUT2D eigenvalue weighted by molar-refractivity contribution is -0.144. The fraction of sp³-hybridized carbons (Fsp3) is 0.417. The molecule has 0 aliphatic rings. The van der Waals surface area contributed by atoms with Crippen LogP contribution in [0.25, 0.3) is 11.1 Å². The molecule has 0 aliphatic heterocycles. The molecule has 150 valence electrons. The summed E-state index contributed by atoms with van der Waals surface area (Å²) in [6.45, 7) is 11.4. The van der Waals surface area contributed by atoms with Gasteiger partial charge in [0.25, 0.3) is 0 Å². The topological polar surface area (TPSA) is 52.6 Å². The maximum Gasteiger partial charge on any atom is 0.316 e. The summed E-state index contributed by atoms with van der Waals surface area (Å²) in [7, 11) is 0. The minimum absolute atomic E-state index is 0.232. The minimum atomic E-state index is -0.502. The first-order chi connectivity index (χ1) is 13.1. The second kappa shape index (κ2) is 8.59. The number of esters is 2. The summed E-state index contributed by atoms with van der Waals surface area (Å²) in [5, 5.41) is 0. The van der Waals surface area contributed by atoms with Gasteiger partial charge in [0.2, 0.25) is 0 Å². The molecular weight excluding hydrogens is 352 g/mol. The largest absolute Gasteiger partial charge is 0.426 e. The van der Waals surface area contributed by atoms with Gasteiger partial charge in [-0.2, -0.15) is 0 Å². The van der Waals surface area contributed by atoms with Gasteiger partial charge in [0.1, 0.15) is 11.5 Å². The molecule has 2 aromatic rings. The van der Waals surface area contributed by atoms with E-state index in [0.29, 0.717) is 11.5 Å². The van der Waals surface area contributed by atoms with E-state index in [4.69, 9.17) is 9.47 Å². The fourth-order valence-electron chi connectivity index (χ4n) is 2.21. The lowest BCUT2D eigenvalue weighted by atomic mass is 9.90. The first-order valence-corrected chi connectivity index (χ1v) is 9.74. The molecule has 0 radical (unpaired) electrons. The van der Waals surface area contributed by atoms with Crippen LogP contribution in [0.15, 0.2) is 48.5 Å². The average molecular weight is 383 g/mol. The number of ether oxygens (including phenoxy) is 2. The average Bonchev–Trinajstić information content (AvgIpc) is 2.69. The molecule has 0 saturated heterocycles. The summed E-state index contributed by atoms with van der Waals surface area (Å²) in [5.74, 6) is 0.595. The van der Waals surface area contributed by atoms with Crippen LogP contribution in [0.1, 0.15) is 54.4 Å². The van der Waals surface area contributed by atoms with Crippen molar-refractivity contribution in [2.45, 2.75) is 54.4 Å². The predicted molar refractivity (Wildman–Crippen MR) is 111 cm³/mol. The molecule has 0 spiro atoms. The molecule has 28 heavy (non-hydrogen) atoms. The Labute approximate surface area is 167 Å². The van der Waals surface area contributed by atoms with Gasteiger partial charge >= 0.3 is 11.9 Å². The Balaban J connectivity index is 2.06. The van der Waals surface area contributed by atoms with Crippen LogP contribution in [0.3, 0.4) is 0 Å². The highest BCUT2D eigenvalue weighted by Gasteiger charge is 2.28. The molecule has 0 fully saturated rings. The van der Waals surface area contributed by atoms with E-state index in [1.54, 1.807) is 24.3 Å². The molecule has 0 aromatic heterocycles. The SMILES string of the molecule is CCC(C)(C)C(=O)Oc1ccc(-c2ccc(OC(=O)C(C)(C)CC)cc2)cc1. The summed E-state index contributed by atoms with van der Waals surface area (Å²) in [4.78, 5) is 24.3. The Morgan fingerprint density at radius 3 is 1.18 bits per heavy atom. The Morgan fingerprint density at radius 2 is 0.929 bits per heavy atom. The molecule has 0 saturated carbocycles. The van der Waals surface area contributed by atoms with Gasteiger partial charge in [-0.25, -0.2) is 0 Å². The Hall–Kier alpha value is -2.62. The molecule has 2 aromatic carbocycles. The maximum atomic E-state index is 12.2. The number of benzene rings is 2. The monoisotopic (exact) mass is 382 g/mol. The van der Waals surface area contributed by atoms with Crippen LogP contribution < -0.4 is 9.47 Å². The molecule has 2 rings (SSSR count). The van der Waals surface area contributed by atoms with Crippen LogP contribution in [0, 0.1) is 10.8 Å². The van der Waals surface area contributed by atoms with Crippen molar-refractivity contribution < 1.29 is 19.1 Å². The first kappa shape index (κ1) is 21.7. The Bertz CT molecular complexity index is 743. The summed E-state index contributed by atoms with van der Waals surface area (Å²) in [6, 6.07) is 14.8. The lowest BCUT2D eigenvalue weighted by Gasteiger charge is -2.20. The van der Waals surface area contributed by atoms with Crippen molar-refractivity contribution in [3.05, 3.63) is 48.5 Å². The van der Waals surface area contributed by atoms with Crippen molar-refractivity contribution in [1.29, 1.82) is 0 Å². The number of rotatable bonds is 7. The summed E-state index contributed by atoms with van der Waals surface area (Å²) in [6.07, 6.45) is 1.44. The smallest absolute Gasteiger partial charge is 0.316 e. The normalized spacial score (nSPS) is 11.8. The first-order valence-electron chi connectivity index (χ1n) is 9.74. The van der Waals surface area contributed by atoms with Crippen molar-refractivity contribution in [2.75, 3.05) is 0 Å². The minimum Gasteiger partial charge on any atom is -0.426 e. The van der Waals surface area contributed by atoms with Crippen LogP contribution in [0.2, 0.25) is 0 Å². The summed E-state index contributed by atoms with van der Waals surface area (Å²) in [5.41, 5.74) is 0.971. The quantitative estimate of drug-likeness (QED) is 0.433. The van der Waals surface area contributed by atoms with Gasteiger partial charge in [-0.3, -0.25) is 9.59 Å². The van der Waals surface area contributed by atoms with Crippen LogP contribution in [0.4, 0.5) is 0 Å². The highest BCUT2D eigenvalue weighted by molar-refractivity contribution is 5.79. The van der Waals surface area contributed by atoms with E-state index >= 15 is 0 Å². The molecule has 0 unspecified atom stereocenters. The zero-order valence-corrected chi connectivity index (χ0v) is 17.7. The molecule has 0 atom stereocenters. The number of hydrogen-bond donors (Lipinski definition) is 0. The molecule has 0 aliphatic carbocycles. The molecule has 0 heterocycles. The molecular formula is C24H30O4. The van der Waals surface area contributed by atoms with Crippen LogP contribution in [-0.4, -0.2) is 11.9 Å². The summed E-state index contributed by atoms with van der Waals surface area (Å²) < 4.78 is 10.9. The molecule has 0 amide bonds. The van der Waals surface area contributed by atoms with Crippen molar-refractivity contribution in [2.24, 2.45) is 10.8 Å². The number of hydrogen-bond acceptors (Lipinski definition) is 4. The predicted octanol–water partition coefficient (Wildman–Crippen LogP) is 6.04. The van der Waals surface area contributed by atoms with E-state index in [0.717, 1.165) is 24.0 Å². The highest BCUT2D eigenvalue weighted by atomic mass is 16.5. The van der Waals surface area contributed by atoms with E-state index in [1.165, 1.54) is 0 Å². The third-order valence-electron chi connectivity index (χ3n) is 5.34. The molecule has 0 N–H and O–H groups in total. The van der Waals surface area contributed by atoms with E-state index in [1.807, 2.05) is 65.8 Å². The van der Waals surface area contributed by atoms with Crippen molar-refractivity contribution in [3.63, 3.8) is 0 Å². The molecule has 4 heteroatoms. The Kier molecular flexibility index (Phi) is 6.65. The van der Waals surface area contributed by atoms with Gasteiger partial charge in [0, 0.05) is 0 Å². The zero-order chi connectivity index (χ0) is 20.9. The zero-order valence-electron chi connectivity index (χ0n) is 17.7. The van der Waals surface area contributed by atoms with Crippen molar-refractivity contribution in [1.82, 2.24) is 0 Å². The highest BCUT2D eigenvalue weighted by Crippen LogP contribution is 2.28. The van der Waals surface area contributed by atoms with Crippen LogP contribution >= 0.6 is 0 Å². The van der Waals surface area contributed by atoms with E-state index in [9.17, 15) is 9.59 Å². The molecule has 4 nitrogen and oxygen atoms in total.